The van der Waals surface area contributed by atoms with Crippen LogP contribution in [0.4, 0.5) is 0 Å². The van der Waals surface area contributed by atoms with Crippen molar-refractivity contribution in [3.8, 4) is 11.6 Å². The van der Waals surface area contributed by atoms with Crippen LogP contribution in [0.3, 0.4) is 0 Å². The largest absolute Gasteiger partial charge is 0.437 e. The van der Waals surface area contributed by atoms with Crippen molar-refractivity contribution in [1.29, 1.82) is 0 Å². The first-order valence-corrected chi connectivity index (χ1v) is 8.55. The number of nitrogens with zero attached hydrogens (tertiary/aromatic N) is 5. The van der Waals surface area contributed by atoms with Crippen LogP contribution in [-0.4, -0.2) is 31.0 Å². The molecule has 4 rings (SSSR count). The van der Waals surface area contributed by atoms with Crippen molar-refractivity contribution >= 4 is 0 Å². The number of para-hydroxylation sites is 1. The smallest absolute Gasteiger partial charge is 0.238 e. The predicted molar refractivity (Wildman–Crippen MR) is 94.1 cm³/mol. The molecule has 0 aliphatic carbocycles. The van der Waals surface area contributed by atoms with Crippen molar-refractivity contribution in [2.24, 2.45) is 7.05 Å². The molecule has 0 radical (unpaired) electrons. The molecule has 1 fully saturated rings. The minimum atomic E-state index is 0.253. The molecular formula is C19H21N5O. The van der Waals surface area contributed by atoms with E-state index in [1.165, 1.54) is 0 Å². The van der Waals surface area contributed by atoms with Gasteiger partial charge in [-0.1, -0.05) is 18.2 Å². The summed E-state index contributed by atoms with van der Waals surface area (Å²) < 4.78 is 7.90. The van der Waals surface area contributed by atoms with Crippen LogP contribution in [0.15, 0.2) is 55.1 Å². The number of likely N-dealkylation sites (tertiary alicyclic amines) is 1. The fourth-order valence-electron chi connectivity index (χ4n) is 3.26. The van der Waals surface area contributed by atoms with Gasteiger partial charge in [0.1, 0.15) is 11.6 Å². The normalized spacial score (nSPS) is 17.7. The highest BCUT2D eigenvalue weighted by Crippen LogP contribution is 2.32. The lowest BCUT2D eigenvalue weighted by atomic mass is 10.1. The van der Waals surface area contributed by atoms with E-state index in [0.717, 1.165) is 43.2 Å². The molecule has 0 N–H and O–H groups in total. The molecule has 0 spiro atoms. The van der Waals surface area contributed by atoms with Gasteiger partial charge in [0.25, 0.3) is 0 Å². The molecule has 1 unspecified atom stereocenters. The minimum Gasteiger partial charge on any atom is -0.437 e. The highest BCUT2D eigenvalue weighted by atomic mass is 16.5. The molecule has 6 nitrogen and oxygen atoms in total. The molecule has 0 bridgehead atoms. The van der Waals surface area contributed by atoms with Gasteiger partial charge in [0, 0.05) is 19.4 Å². The van der Waals surface area contributed by atoms with E-state index < -0.39 is 0 Å². The molecule has 3 aromatic rings. The summed E-state index contributed by atoms with van der Waals surface area (Å²) in [7, 11) is 2.03. The van der Waals surface area contributed by atoms with Crippen molar-refractivity contribution in [1.82, 2.24) is 24.4 Å². The van der Waals surface area contributed by atoms with Crippen molar-refractivity contribution in [3.63, 3.8) is 0 Å². The summed E-state index contributed by atoms with van der Waals surface area (Å²) in [6.07, 6.45) is 9.56. The Bertz CT molecular complexity index is 833. The Morgan fingerprint density at radius 3 is 2.88 bits per heavy atom. The second-order valence-electron chi connectivity index (χ2n) is 6.28. The lowest BCUT2D eigenvalue weighted by molar-refractivity contribution is 0.234. The topological polar surface area (TPSA) is 56.1 Å². The summed E-state index contributed by atoms with van der Waals surface area (Å²) in [5.74, 6) is 2.37. The Hall–Kier alpha value is -2.73. The lowest BCUT2D eigenvalue weighted by Crippen LogP contribution is -2.25. The average Bonchev–Trinajstić information content (AvgIpc) is 3.26. The van der Waals surface area contributed by atoms with E-state index in [0.29, 0.717) is 5.88 Å². The predicted octanol–water partition coefficient (Wildman–Crippen LogP) is 3.34. The molecule has 0 amide bonds. The molecule has 1 atom stereocenters. The zero-order chi connectivity index (χ0) is 17.1. The van der Waals surface area contributed by atoms with Crippen LogP contribution in [0, 0.1) is 0 Å². The Balaban J connectivity index is 1.52. The Kier molecular flexibility index (Phi) is 4.43. The maximum absolute atomic E-state index is 5.83. The molecule has 2 aromatic heterocycles. The molecule has 25 heavy (non-hydrogen) atoms. The Labute approximate surface area is 147 Å². The molecule has 6 heteroatoms. The maximum atomic E-state index is 5.83. The highest BCUT2D eigenvalue weighted by molar-refractivity contribution is 5.26. The number of ether oxygens (including phenoxy) is 1. The van der Waals surface area contributed by atoms with Crippen LogP contribution < -0.4 is 4.74 Å². The number of hydrogen-bond acceptors (Lipinski definition) is 5. The second kappa shape index (κ2) is 7.03. The van der Waals surface area contributed by atoms with E-state index in [-0.39, 0.29) is 6.04 Å². The van der Waals surface area contributed by atoms with Crippen molar-refractivity contribution in [2.45, 2.75) is 25.4 Å². The number of imidazole rings is 1. The number of aromatic nitrogens is 4. The standard InChI is InChI=1S/C19H21N5O/c1-23-11-9-21-18(23)14-24-10-5-8-17(24)16-12-20-13-19(22-16)25-15-6-3-2-4-7-15/h2-4,6-7,9,11-13,17H,5,8,10,14H2,1H3. The van der Waals surface area contributed by atoms with Crippen LogP contribution in [0.25, 0.3) is 0 Å². The van der Waals surface area contributed by atoms with Gasteiger partial charge >= 0.3 is 0 Å². The van der Waals surface area contributed by atoms with Crippen LogP contribution in [0.5, 0.6) is 11.6 Å². The Morgan fingerprint density at radius 2 is 2.08 bits per heavy atom. The molecule has 1 aliphatic heterocycles. The lowest BCUT2D eigenvalue weighted by Gasteiger charge is -2.23. The number of hydrogen-bond donors (Lipinski definition) is 0. The fourth-order valence-corrected chi connectivity index (χ4v) is 3.26. The van der Waals surface area contributed by atoms with Crippen molar-refractivity contribution < 1.29 is 4.74 Å². The first kappa shape index (κ1) is 15.8. The molecule has 1 saturated heterocycles. The number of rotatable bonds is 5. The molecule has 3 heterocycles. The first-order chi connectivity index (χ1) is 12.3. The molecular weight excluding hydrogens is 314 g/mol. The summed E-state index contributed by atoms with van der Waals surface area (Å²) in [4.78, 5) is 15.9. The monoisotopic (exact) mass is 335 g/mol. The van der Waals surface area contributed by atoms with Gasteiger partial charge in [-0.25, -0.2) is 9.97 Å². The summed E-state index contributed by atoms with van der Waals surface area (Å²) in [6, 6.07) is 9.93. The summed E-state index contributed by atoms with van der Waals surface area (Å²) in [6.45, 7) is 1.86. The third kappa shape index (κ3) is 3.53. The van der Waals surface area contributed by atoms with E-state index in [9.17, 15) is 0 Å². The van der Waals surface area contributed by atoms with Crippen LogP contribution >= 0.6 is 0 Å². The van der Waals surface area contributed by atoms with Gasteiger partial charge in [-0.15, -0.1) is 0 Å². The van der Waals surface area contributed by atoms with Crippen molar-refractivity contribution in [3.05, 3.63) is 66.6 Å². The summed E-state index contributed by atoms with van der Waals surface area (Å²) >= 11 is 0. The number of benzene rings is 1. The third-order valence-corrected chi connectivity index (χ3v) is 4.57. The zero-order valence-electron chi connectivity index (χ0n) is 14.2. The maximum Gasteiger partial charge on any atom is 0.238 e. The van der Waals surface area contributed by atoms with Gasteiger partial charge in [0.05, 0.1) is 30.7 Å². The van der Waals surface area contributed by atoms with Crippen LogP contribution in [0.1, 0.15) is 30.4 Å². The SMILES string of the molecule is Cn1ccnc1CN1CCCC1c1cncc(Oc2ccccc2)n1. The molecule has 1 aromatic carbocycles. The second-order valence-corrected chi connectivity index (χ2v) is 6.28. The quantitative estimate of drug-likeness (QED) is 0.716. The van der Waals surface area contributed by atoms with Gasteiger partial charge in [0.15, 0.2) is 0 Å². The Morgan fingerprint density at radius 1 is 1.20 bits per heavy atom. The van der Waals surface area contributed by atoms with E-state index in [4.69, 9.17) is 9.72 Å². The fraction of sp³-hybridized carbons (Fsp3) is 0.316. The molecule has 1 aliphatic rings. The van der Waals surface area contributed by atoms with Gasteiger partial charge in [-0.05, 0) is 31.5 Å². The van der Waals surface area contributed by atoms with Gasteiger partial charge in [-0.3, -0.25) is 9.88 Å². The first-order valence-electron chi connectivity index (χ1n) is 8.55. The summed E-state index contributed by atoms with van der Waals surface area (Å²) in [5.41, 5.74) is 0.958. The van der Waals surface area contributed by atoms with Gasteiger partial charge in [-0.2, -0.15) is 0 Å². The van der Waals surface area contributed by atoms with E-state index in [1.54, 1.807) is 6.20 Å². The van der Waals surface area contributed by atoms with Crippen LogP contribution in [-0.2, 0) is 13.6 Å². The van der Waals surface area contributed by atoms with Gasteiger partial charge in [0.2, 0.25) is 5.88 Å². The summed E-state index contributed by atoms with van der Waals surface area (Å²) in [5, 5.41) is 0. The minimum absolute atomic E-state index is 0.253. The third-order valence-electron chi connectivity index (χ3n) is 4.57. The molecule has 0 saturated carbocycles. The van der Waals surface area contributed by atoms with Crippen molar-refractivity contribution in [2.75, 3.05) is 6.54 Å². The number of aryl methyl sites for hydroxylation is 1. The van der Waals surface area contributed by atoms with E-state index in [1.807, 2.05) is 56.0 Å². The van der Waals surface area contributed by atoms with E-state index in [2.05, 4.69) is 19.4 Å². The van der Waals surface area contributed by atoms with E-state index >= 15 is 0 Å². The zero-order valence-corrected chi connectivity index (χ0v) is 14.2. The highest BCUT2D eigenvalue weighted by Gasteiger charge is 2.28. The average molecular weight is 335 g/mol. The van der Waals surface area contributed by atoms with Gasteiger partial charge < -0.3 is 9.30 Å². The van der Waals surface area contributed by atoms with Crippen LogP contribution in [0.2, 0.25) is 0 Å². The molecule has 128 valence electrons.